The van der Waals surface area contributed by atoms with Crippen LogP contribution < -0.4 is 4.31 Å². The molecule has 1 aliphatic heterocycles. The molecule has 0 fully saturated rings. The van der Waals surface area contributed by atoms with Crippen LogP contribution in [0.25, 0.3) is 0 Å². The average Bonchev–Trinajstić information content (AvgIpc) is 2.43. The normalized spacial score (nSPS) is 14.5. The lowest BCUT2D eigenvalue weighted by Gasteiger charge is -2.32. The van der Waals surface area contributed by atoms with E-state index in [9.17, 15) is 21.6 Å². The van der Waals surface area contributed by atoms with Gasteiger partial charge in [0.25, 0.3) is 0 Å². The minimum atomic E-state index is -5.51. The predicted octanol–water partition coefficient (Wildman–Crippen LogP) is 4.14. The third kappa shape index (κ3) is 2.18. The molecule has 0 unspecified atom stereocenters. The van der Waals surface area contributed by atoms with Crippen LogP contribution in [-0.4, -0.2) is 13.9 Å². The number of alkyl halides is 3. The molecule has 0 N–H and O–H groups in total. The van der Waals surface area contributed by atoms with E-state index in [-0.39, 0.29) is 11.4 Å². The number of benzene rings is 2. The smallest absolute Gasteiger partial charge is 0.229 e. The van der Waals surface area contributed by atoms with Crippen molar-refractivity contribution in [1.82, 2.24) is 0 Å². The summed E-state index contributed by atoms with van der Waals surface area (Å²) >= 11 is 1.24. The fourth-order valence-corrected chi connectivity index (χ4v) is 4.25. The number of fused-ring (bicyclic) bond motifs is 2. The van der Waals surface area contributed by atoms with Crippen LogP contribution in [0, 0.1) is 0 Å². The van der Waals surface area contributed by atoms with Crippen molar-refractivity contribution in [2.24, 2.45) is 0 Å². The van der Waals surface area contributed by atoms with Gasteiger partial charge in [-0.05, 0) is 24.3 Å². The Balaban J connectivity index is 2.30. The van der Waals surface area contributed by atoms with E-state index >= 15 is 0 Å². The fourth-order valence-electron chi connectivity index (χ4n) is 2.03. The molecule has 0 amide bonds. The Bertz CT molecular complexity index is 758. The molecule has 2 aromatic carbocycles. The Hall–Kier alpha value is -1.67. The molecule has 0 radical (unpaired) electrons. The summed E-state index contributed by atoms with van der Waals surface area (Å²) in [6.45, 7) is 0. The number of hydrogen-bond acceptors (Lipinski definition) is 3. The van der Waals surface area contributed by atoms with E-state index in [1.165, 1.54) is 36.0 Å². The maximum Gasteiger partial charge on any atom is 0.517 e. The minimum Gasteiger partial charge on any atom is -0.229 e. The number of rotatable bonds is 1. The van der Waals surface area contributed by atoms with Gasteiger partial charge in [0, 0.05) is 9.79 Å². The van der Waals surface area contributed by atoms with E-state index in [0.29, 0.717) is 14.1 Å². The summed E-state index contributed by atoms with van der Waals surface area (Å²) in [5.74, 6) is 0. The molecule has 1 aliphatic rings. The zero-order valence-corrected chi connectivity index (χ0v) is 12.0. The number of anilines is 2. The molecule has 3 nitrogen and oxygen atoms in total. The zero-order valence-electron chi connectivity index (χ0n) is 10.3. The molecule has 21 heavy (non-hydrogen) atoms. The molecule has 0 aliphatic carbocycles. The zero-order chi connectivity index (χ0) is 15.3. The molecule has 110 valence electrons. The van der Waals surface area contributed by atoms with Gasteiger partial charge in [0.15, 0.2) is 0 Å². The Morgan fingerprint density at radius 1 is 0.857 bits per heavy atom. The summed E-state index contributed by atoms with van der Waals surface area (Å²) in [6.07, 6.45) is 0. The first-order valence-corrected chi connectivity index (χ1v) is 8.05. The fraction of sp³-hybridized carbons (Fsp3) is 0.0769. The lowest BCUT2D eigenvalue weighted by atomic mass is 10.2. The SMILES string of the molecule is O=S(=O)(N1c2ccccc2Sc2ccccc21)C(F)(F)F. The van der Waals surface area contributed by atoms with Crippen LogP contribution >= 0.6 is 11.8 Å². The van der Waals surface area contributed by atoms with Crippen LogP contribution in [-0.2, 0) is 10.0 Å². The largest absolute Gasteiger partial charge is 0.517 e. The van der Waals surface area contributed by atoms with Crippen LogP contribution in [0.1, 0.15) is 0 Å². The Morgan fingerprint density at radius 2 is 1.29 bits per heavy atom. The van der Waals surface area contributed by atoms with Gasteiger partial charge in [0.1, 0.15) is 0 Å². The van der Waals surface area contributed by atoms with Crippen molar-refractivity contribution in [3.8, 4) is 0 Å². The van der Waals surface area contributed by atoms with E-state index in [0.717, 1.165) is 0 Å². The third-order valence-corrected chi connectivity index (χ3v) is 5.51. The van der Waals surface area contributed by atoms with Gasteiger partial charge in [-0.1, -0.05) is 36.0 Å². The van der Waals surface area contributed by atoms with Crippen LogP contribution in [0.4, 0.5) is 24.5 Å². The molecular formula is C13H8F3NO2S2. The first-order valence-electron chi connectivity index (χ1n) is 5.80. The van der Waals surface area contributed by atoms with E-state index in [4.69, 9.17) is 0 Å². The van der Waals surface area contributed by atoms with Crippen molar-refractivity contribution in [3.05, 3.63) is 48.5 Å². The van der Waals surface area contributed by atoms with Gasteiger partial charge < -0.3 is 0 Å². The monoisotopic (exact) mass is 331 g/mol. The molecule has 0 atom stereocenters. The topological polar surface area (TPSA) is 37.4 Å². The maximum atomic E-state index is 13.0. The van der Waals surface area contributed by atoms with Gasteiger partial charge in [-0.15, -0.1) is 0 Å². The second-order valence-electron chi connectivity index (χ2n) is 4.25. The lowest BCUT2D eigenvalue weighted by molar-refractivity contribution is -0.0435. The van der Waals surface area contributed by atoms with Gasteiger partial charge in [0.05, 0.1) is 11.4 Å². The van der Waals surface area contributed by atoms with Crippen molar-refractivity contribution in [3.63, 3.8) is 0 Å². The first kappa shape index (κ1) is 14.3. The van der Waals surface area contributed by atoms with Crippen molar-refractivity contribution in [1.29, 1.82) is 0 Å². The molecule has 0 bridgehead atoms. The molecular weight excluding hydrogens is 323 g/mol. The number of sulfonamides is 1. The van der Waals surface area contributed by atoms with E-state index in [1.807, 2.05) is 0 Å². The quantitative estimate of drug-likeness (QED) is 0.788. The molecule has 0 aromatic heterocycles. The van der Waals surface area contributed by atoms with Crippen LogP contribution in [0.15, 0.2) is 58.3 Å². The van der Waals surface area contributed by atoms with Gasteiger partial charge in [-0.2, -0.15) is 21.6 Å². The van der Waals surface area contributed by atoms with Crippen molar-refractivity contribution in [2.75, 3.05) is 4.31 Å². The standard InChI is InChI=1S/C13H8F3NO2S2/c14-13(15,16)21(18,19)17-9-5-1-3-7-11(9)20-12-8-4-2-6-10(12)17/h1-8H. The third-order valence-electron chi connectivity index (χ3n) is 2.92. The Labute approximate surface area is 123 Å². The maximum absolute atomic E-state index is 13.0. The molecule has 0 saturated carbocycles. The summed E-state index contributed by atoms with van der Waals surface area (Å²) in [6, 6.07) is 12.2. The lowest BCUT2D eigenvalue weighted by Crippen LogP contribution is -2.39. The van der Waals surface area contributed by atoms with Gasteiger partial charge in [-0.3, -0.25) is 0 Å². The molecule has 3 rings (SSSR count). The van der Waals surface area contributed by atoms with E-state index < -0.39 is 15.5 Å². The van der Waals surface area contributed by atoms with Crippen molar-refractivity contribution < 1.29 is 21.6 Å². The van der Waals surface area contributed by atoms with Gasteiger partial charge in [-0.25, -0.2) is 4.31 Å². The second-order valence-corrected chi connectivity index (χ2v) is 7.11. The Morgan fingerprint density at radius 3 is 1.71 bits per heavy atom. The second kappa shape index (κ2) is 4.67. The highest BCUT2D eigenvalue weighted by molar-refractivity contribution is 8.00. The first-order chi connectivity index (χ1) is 9.82. The van der Waals surface area contributed by atoms with Gasteiger partial charge >= 0.3 is 15.5 Å². The van der Waals surface area contributed by atoms with Crippen molar-refractivity contribution in [2.45, 2.75) is 15.3 Å². The Kier molecular flexibility index (Phi) is 3.18. The number of hydrogen-bond donors (Lipinski definition) is 0. The highest BCUT2D eigenvalue weighted by atomic mass is 32.2. The molecule has 1 heterocycles. The van der Waals surface area contributed by atoms with Gasteiger partial charge in [0.2, 0.25) is 0 Å². The van der Waals surface area contributed by atoms with Crippen molar-refractivity contribution >= 4 is 33.2 Å². The van der Waals surface area contributed by atoms with E-state index in [1.54, 1.807) is 24.3 Å². The number of para-hydroxylation sites is 2. The predicted molar refractivity (Wildman–Crippen MR) is 74.1 cm³/mol. The molecule has 0 spiro atoms. The highest BCUT2D eigenvalue weighted by Gasteiger charge is 2.52. The van der Waals surface area contributed by atoms with Crippen LogP contribution in [0.5, 0.6) is 0 Å². The number of halogens is 3. The summed E-state index contributed by atoms with van der Waals surface area (Å²) in [7, 11) is -5.51. The van der Waals surface area contributed by atoms with E-state index in [2.05, 4.69) is 0 Å². The number of nitrogens with zero attached hydrogens (tertiary/aromatic N) is 1. The van der Waals surface area contributed by atoms with Crippen LogP contribution in [0.2, 0.25) is 0 Å². The summed E-state index contributed by atoms with van der Waals surface area (Å²) in [4.78, 5) is 0.924. The van der Waals surface area contributed by atoms with Crippen LogP contribution in [0.3, 0.4) is 0 Å². The minimum absolute atomic E-state index is 0.0125. The molecule has 8 heteroatoms. The summed E-state index contributed by atoms with van der Waals surface area (Å²) < 4.78 is 63.1. The summed E-state index contributed by atoms with van der Waals surface area (Å²) in [5, 5.41) is 0. The summed E-state index contributed by atoms with van der Waals surface area (Å²) in [5.41, 5.74) is -5.34. The molecule has 0 saturated heterocycles. The molecule has 2 aromatic rings. The highest BCUT2D eigenvalue weighted by Crippen LogP contribution is 2.50. The average molecular weight is 331 g/mol.